The second-order valence-electron chi connectivity index (χ2n) is 9.58. The summed E-state index contributed by atoms with van der Waals surface area (Å²) in [6.07, 6.45) is 8.31. The first-order valence-corrected chi connectivity index (χ1v) is 10.4. The van der Waals surface area contributed by atoms with Crippen LogP contribution in [0.5, 0.6) is 0 Å². The van der Waals surface area contributed by atoms with E-state index in [2.05, 4.69) is 59.8 Å². The standard InChI is InChI=1S/C27H32O2/c1-18(10-9-12-20-11-7-8-13-21(20)25(28)29)22-17-24-23(16-19(22)2)26(3,4)14-15-27(24,5)6/h7-13,16-17H,14-15H2,1-6H3,(H,28,29)/b12-9+,18-10-. The highest BCUT2D eigenvalue weighted by Crippen LogP contribution is 2.47. The number of allylic oxidation sites excluding steroid dienone is 3. The fraction of sp³-hybridized carbons (Fsp3) is 0.370. The number of carbonyl (C=O) groups is 1. The van der Waals surface area contributed by atoms with E-state index in [1.54, 1.807) is 12.1 Å². The predicted octanol–water partition coefficient (Wildman–Crippen LogP) is 7.16. The van der Waals surface area contributed by atoms with Crippen molar-refractivity contribution in [2.24, 2.45) is 0 Å². The summed E-state index contributed by atoms with van der Waals surface area (Å²) in [4.78, 5) is 11.4. The third-order valence-corrected chi connectivity index (χ3v) is 6.44. The van der Waals surface area contributed by atoms with E-state index in [0.29, 0.717) is 11.1 Å². The zero-order valence-corrected chi connectivity index (χ0v) is 18.5. The topological polar surface area (TPSA) is 37.3 Å². The lowest BCUT2D eigenvalue weighted by Crippen LogP contribution is -2.34. The number of rotatable bonds is 4. The SMILES string of the molecule is C/C(=C/C=C/c1ccccc1C(=O)O)c1cc2c(cc1C)C(C)(C)CCC2(C)C. The maximum absolute atomic E-state index is 11.4. The predicted molar refractivity (Wildman–Crippen MR) is 123 cm³/mol. The van der Waals surface area contributed by atoms with Crippen LogP contribution < -0.4 is 0 Å². The average Bonchev–Trinajstić information content (AvgIpc) is 2.65. The molecule has 0 amide bonds. The lowest BCUT2D eigenvalue weighted by atomic mass is 9.62. The van der Waals surface area contributed by atoms with Crippen LogP contribution in [-0.2, 0) is 10.8 Å². The van der Waals surface area contributed by atoms with E-state index in [0.717, 1.165) is 0 Å². The van der Waals surface area contributed by atoms with Crippen molar-refractivity contribution in [2.45, 2.75) is 65.2 Å². The van der Waals surface area contributed by atoms with Crippen molar-refractivity contribution in [3.63, 3.8) is 0 Å². The number of aromatic carboxylic acids is 1. The quantitative estimate of drug-likeness (QED) is 0.564. The van der Waals surface area contributed by atoms with E-state index in [1.165, 1.54) is 40.7 Å². The van der Waals surface area contributed by atoms with Crippen LogP contribution in [0.2, 0.25) is 0 Å². The van der Waals surface area contributed by atoms with Gasteiger partial charge in [-0.1, -0.05) is 76.3 Å². The molecule has 0 aliphatic heterocycles. The van der Waals surface area contributed by atoms with E-state index >= 15 is 0 Å². The molecule has 0 atom stereocenters. The molecule has 29 heavy (non-hydrogen) atoms. The third-order valence-electron chi connectivity index (χ3n) is 6.44. The van der Waals surface area contributed by atoms with Crippen LogP contribution in [-0.4, -0.2) is 11.1 Å². The Kier molecular flexibility index (Phi) is 5.58. The lowest BCUT2D eigenvalue weighted by molar-refractivity contribution is 0.0696. The second-order valence-corrected chi connectivity index (χ2v) is 9.58. The molecule has 1 aliphatic rings. The monoisotopic (exact) mass is 388 g/mol. The van der Waals surface area contributed by atoms with Gasteiger partial charge in [-0.15, -0.1) is 0 Å². The number of aryl methyl sites for hydroxylation is 1. The second kappa shape index (κ2) is 7.67. The Hall–Kier alpha value is -2.61. The largest absolute Gasteiger partial charge is 0.478 e. The van der Waals surface area contributed by atoms with Gasteiger partial charge in [-0.25, -0.2) is 4.79 Å². The maximum Gasteiger partial charge on any atom is 0.336 e. The molecule has 0 fully saturated rings. The van der Waals surface area contributed by atoms with Crippen molar-refractivity contribution in [3.8, 4) is 0 Å². The van der Waals surface area contributed by atoms with Gasteiger partial charge in [0.1, 0.15) is 0 Å². The highest BCUT2D eigenvalue weighted by molar-refractivity contribution is 5.92. The number of hydrogen-bond acceptors (Lipinski definition) is 1. The van der Waals surface area contributed by atoms with Gasteiger partial charge in [-0.2, -0.15) is 0 Å². The van der Waals surface area contributed by atoms with E-state index in [9.17, 15) is 9.90 Å². The fourth-order valence-corrected chi connectivity index (χ4v) is 4.37. The molecule has 0 radical (unpaired) electrons. The summed E-state index contributed by atoms with van der Waals surface area (Å²) >= 11 is 0. The fourth-order valence-electron chi connectivity index (χ4n) is 4.37. The van der Waals surface area contributed by atoms with Gasteiger partial charge in [0.2, 0.25) is 0 Å². The van der Waals surface area contributed by atoms with Crippen molar-refractivity contribution in [1.29, 1.82) is 0 Å². The van der Waals surface area contributed by atoms with E-state index < -0.39 is 5.97 Å². The molecule has 0 saturated carbocycles. The minimum Gasteiger partial charge on any atom is -0.478 e. The van der Waals surface area contributed by atoms with Crippen molar-refractivity contribution in [3.05, 3.63) is 81.9 Å². The molecular weight excluding hydrogens is 356 g/mol. The zero-order valence-electron chi connectivity index (χ0n) is 18.5. The van der Waals surface area contributed by atoms with Crippen LogP contribution in [0.1, 0.15) is 85.6 Å². The minimum absolute atomic E-state index is 0.184. The Labute approximate surface area is 175 Å². The van der Waals surface area contributed by atoms with Crippen LogP contribution in [0, 0.1) is 6.92 Å². The van der Waals surface area contributed by atoms with Crippen LogP contribution in [0.25, 0.3) is 11.6 Å². The summed E-state index contributed by atoms with van der Waals surface area (Å²) in [5.41, 5.74) is 8.13. The number of fused-ring (bicyclic) bond motifs is 1. The van der Waals surface area contributed by atoms with Gasteiger partial charge >= 0.3 is 5.97 Å². The lowest BCUT2D eigenvalue weighted by Gasteiger charge is -2.42. The summed E-state index contributed by atoms with van der Waals surface area (Å²) in [7, 11) is 0. The first-order valence-electron chi connectivity index (χ1n) is 10.4. The van der Waals surface area contributed by atoms with Gasteiger partial charge in [0, 0.05) is 0 Å². The minimum atomic E-state index is -0.902. The van der Waals surface area contributed by atoms with Gasteiger partial charge in [-0.3, -0.25) is 0 Å². The van der Waals surface area contributed by atoms with Gasteiger partial charge in [0.25, 0.3) is 0 Å². The molecule has 152 valence electrons. The number of carboxylic acids is 1. The van der Waals surface area contributed by atoms with Gasteiger partial charge in [0.05, 0.1) is 5.56 Å². The van der Waals surface area contributed by atoms with E-state index in [1.807, 2.05) is 24.3 Å². The van der Waals surface area contributed by atoms with Crippen LogP contribution in [0.3, 0.4) is 0 Å². The highest BCUT2D eigenvalue weighted by Gasteiger charge is 2.37. The number of carboxylic acid groups (broad SMARTS) is 1. The molecule has 1 N–H and O–H groups in total. The van der Waals surface area contributed by atoms with Crippen LogP contribution >= 0.6 is 0 Å². The van der Waals surface area contributed by atoms with Crippen LogP contribution in [0.4, 0.5) is 0 Å². The molecule has 0 heterocycles. The molecule has 2 aromatic rings. The molecule has 3 rings (SSSR count). The molecule has 1 aliphatic carbocycles. The van der Waals surface area contributed by atoms with Gasteiger partial charge < -0.3 is 5.11 Å². The van der Waals surface area contributed by atoms with Crippen molar-refractivity contribution in [2.75, 3.05) is 0 Å². The van der Waals surface area contributed by atoms with Gasteiger partial charge in [0.15, 0.2) is 0 Å². The molecule has 0 spiro atoms. The number of benzene rings is 2. The molecule has 2 nitrogen and oxygen atoms in total. The molecule has 0 aromatic heterocycles. The van der Waals surface area contributed by atoms with Crippen molar-refractivity contribution < 1.29 is 9.90 Å². The first-order chi connectivity index (χ1) is 13.5. The Morgan fingerprint density at radius 3 is 2.17 bits per heavy atom. The normalized spacial score (nSPS) is 17.9. The van der Waals surface area contributed by atoms with Crippen molar-refractivity contribution >= 4 is 17.6 Å². The molecule has 2 heteroatoms. The Morgan fingerprint density at radius 2 is 1.55 bits per heavy atom. The van der Waals surface area contributed by atoms with Crippen molar-refractivity contribution in [1.82, 2.24) is 0 Å². The maximum atomic E-state index is 11.4. The molecule has 0 bridgehead atoms. The van der Waals surface area contributed by atoms with E-state index in [-0.39, 0.29) is 10.8 Å². The summed E-state index contributed by atoms with van der Waals surface area (Å²) < 4.78 is 0. The summed E-state index contributed by atoms with van der Waals surface area (Å²) in [5, 5.41) is 9.34. The van der Waals surface area contributed by atoms with Crippen LogP contribution in [0.15, 0.2) is 48.6 Å². The third kappa shape index (κ3) is 4.22. The number of hydrogen-bond donors (Lipinski definition) is 1. The van der Waals surface area contributed by atoms with E-state index in [4.69, 9.17) is 0 Å². The highest BCUT2D eigenvalue weighted by atomic mass is 16.4. The molecular formula is C27H32O2. The molecule has 0 unspecified atom stereocenters. The smallest absolute Gasteiger partial charge is 0.336 e. The first kappa shape index (κ1) is 21.1. The molecule has 0 saturated heterocycles. The molecule has 2 aromatic carbocycles. The summed E-state index contributed by atoms with van der Waals surface area (Å²) in [6.45, 7) is 13.7. The zero-order chi connectivity index (χ0) is 21.4. The average molecular weight is 389 g/mol. The Morgan fingerprint density at radius 1 is 0.966 bits per heavy atom. The Bertz CT molecular complexity index is 1000. The van der Waals surface area contributed by atoms with Gasteiger partial charge in [-0.05, 0) is 77.0 Å². The summed E-state index contributed by atoms with van der Waals surface area (Å²) in [6, 6.07) is 11.8. The Balaban J connectivity index is 1.98. The summed E-state index contributed by atoms with van der Waals surface area (Å²) in [5.74, 6) is -0.902.